The molecule has 1 atom stereocenters. The van der Waals surface area contributed by atoms with Crippen molar-refractivity contribution in [2.75, 3.05) is 5.73 Å². The molecule has 1 aliphatic rings. The van der Waals surface area contributed by atoms with E-state index in [4.69, 9.17) is 5.73 Å². The fourth-order valence-electron chi connectivity index (χ4n) is 2.22. The number of thioether (sulfide) groups is 1. The van der Waals surface area contributed by atoms with E-state index in [2.05, 4.69) is 34.5 Å². The Morgan fingerprint density at radius 3 is 3.00 bits per heavy atom. The highest BCUT2D eigenvalue weighted by atomic mass is 32.2. The second-order valence-corrected chi connectivity index (χ2v) is 6.56. The van der Waals surface area contributed by atoms with Crippen LogP contribution in [0.15, 0.2) is 28.6 Å². The molecule has 88 valence electrons. The lowest BCUT2D eigenvalue weighted by Crippen LogP contribution is -2.06. The Morgan fingerprint density at radius 1 is 1.29 bits per heavy atom. The van der Waals surface area contributed by atoms with Crippen molar-refractivity contribution in [3.63, 3.8) is 0 Å². The van der Waals surface area contributed by atoms with Gasteiger partial charge in [-0.05, 0) is 30.4 Å². The fourth-order valence-corrected chi connectivity index (χ4v) is 4.33. The molecule has 0 aliphatic heterocycles. The van der Waals surface area contributed by atoms with Crippen molar-refractivity contribution in [1.82, 2.24) is 10.2 Å². The molecule has 1 unspecified atom stereocenters. The minimum atomic E-state index is 0.507. The van der Waals surface area contributed by atoms with Crippen molar-refractivity contribution in [3.8, 4) is 0 Å². The van der Waals surface area contributed by atoms with Gasteiger partial charge in [-0.3, -0.25) is 0 Å². The topological polar surface area (TPSA) is 51.8 Å². The van der Waals surface area contributed by atoms with Gasteiger partial charge in [-0.2, -0.15) is 0 Å². The number of aryl methyl sites for hydroxylation is 1. The lowest BCUT2D eigenvalue weighted by Gasteiger charge is -2.23. The van der Waals surface area contributed by atoms with Crippen LogP contribution in [0.5, 0.6) is 0 Å². The van der Waals surface area contributed by atoms with Gasteiger partial charge in [0, 0.05) is 5.25 Å². The zero-order valence-corrected chi connectivity index (χ0v) is 10.9. The van der Waals surface area contributed by atoms with Crippen LogP contribution in [-0.2, 0) is 6.42 Å². The summed E-state index contributed by atoms with van der Waals surface area (Å²) in [6, 6.07) is 8.70. The summed E-state index contributed by atoms with van der Waals surface area (Å²) in [5.41, 5.74) is 8.55. The number of anilines is 1. The Hall–Kier alpha value is -1.07. The maximum absolute atomic E-state index is 5.61. The first-order valence-corrected chi connectivity index (χ1v) is 7.36. The van der Waals surface area contributed by atoms with Gasteiger partial charge in [0.1, 0.15) is 0 Å². The Balaban J connectivity index is 1.85. The Bertz CT molecular complexity index is 524. The number of benzene rings is 1. The summed E-state index contributed by atoms with van der Waals surface area (Å²) in [5, 5.41) is 9.01. The standard InChI is InChI=1S/C12H13N3S2/c13-11-14-15-12(17-11)16-10-7-3-5-8-4-1-2-6-9(8)10/h1-2,4,6,10H,3,5,7H2,(H2,13,14). The monoisotopic (exact) mass is 263 g/mol. The van der Waals surface area contributed by atoms with Crippen LogP contribution in [0.4, 0.5) is 5.13 Å². The van der Waals surface area contributed by atoms with E-state index in [0.29, 0.717) is 10.4 Å². The number of nitrogens with zero attached hydrogens (tertiary/aromatic N) is 2. The van der Waals surface area contributed by atoms with E-state index >= 15 is 0 Å². The summed E-state index contributed by atoms with van der Waals surface area (Å²) >= 11 is 3.27. The lowest BCUT2D eigenvalue weighted by molar-refractivity contribution is 0.673. The van der Waals surface area contributed by atoms with Crippen molar-refractivity contribution in [3.05, 3.63) is 35.4 Å². The normalized spacial score (nSPS) is 18.9. The van der Waals surface area contributed by atoms with Crippen LogP contribution in [0.2, 0.25) is 0 Å². The Labute approximate surface area is 108 Å². The third-order valence-electron chi connectivity index (χ3n) is 2.98. The van der Waals surface area contributed by atoms with E-state index in [9.17, 15) is 0 Å². The number of nitrogen functional groups attached to an aromatic ring is 1. The fraction of sp³-hybridized carbons (Fsp3) is 0.333. The van der Waals surface area contributed by atoms with Crippen LogP contribution in [0.25, 0.3) is 0 Å². The molecule has 1 aromatic carbocycles. The smallest absolute Gasteiger partial charge is 0.203 e. The van der Waals surface area contributed by atoms with Crippen molar-refractivity contribution >= 4 is 28.2 Å². The van der Waals surface area contributed by atoms with Gasteiger partial charge in [-0.25, -0.2) is 0 Å². The first-order valence-electron chi connectivity index (χ1n) is 5.66. The molecule has 1 aliphatic carbocycles. The van der Waals surface area contributed by atoms with Crippen molar-refractivity contribution in [2.45, 2.75) is 28.9 Å². The molecule has 2 N–H and O–H groups in total. The predicted octanol–water partition coefficient (Wildman–Crippen LogP) is 3.29. The summed E-state index contributed by atoms with van der Waals surface area (Å²) in [6.07, 6.45) is 3.66. The van der Waals surface area contributed by atoms with Crippen LogP contribution in [-0.4, -0.2) is 10.2 Å². The molecule has 3 rings (SSSR count). The van der Waals surface area contributed by atoms with E-state index < -0.39 is 0 Å². The van der Waals surface area contributed by atoms with Gasteiger partial charge in [0.15, 0.2) is 4.34 Å². The van der Waals surface area contributed by atoms with Crippen LogP contribution in [0, 0.1) is 0 Å². The molecule has 5 heteroatoms. The highest BCUT2D eigenvalue weighted by Gasteiger charge is 2.21. The molecule has 0 spiro atoms. The number of rotatable bonds is 2. The molecule has 0 radical (unpaired) electrons. The molecule has 3 nitrogen and oxygen atoms in total. The average Bonchev–Trinajstić information content (AvgIpc) is 2.75. The summed E-state index contributed by atoms with van der Waals surface area (Å²) in [4.78, 5) is 0. The maximum Gasteiger partial charge on any atom is 0.203 e. The third kappa shape index (κ3) is 2.30. The molecule has 0 saturated carbocycles. The SMILES string of the molecule is Nc1nnc(SC2CCCc3ccccc32)s1. The number of nitrogens with two attached hydrogens (primary N) is 1. The zero-order chi connectivity index (χ0) is 11.7. The maximum atomic E-state index is 5.61. The van der Waals surface area contributed by atoms with Gasteiger partial charge < -0.3 is 5.73 Å². The number of hydrogen-bond donors (Lipinski definition) is 1. The quantitative estimate of drug-likeness (QED) is 0.903. The average molecular weight is 263 g/mol. The van der Waals surface area contributed by atoms with Crippen LogP contribution < -0.4 is 5.73 Å². The molecule has 1 heterocycles. The van der Waals surface area contributed by atoms with Gasteiger partial charge in [-0.15, -0.1) is 10.2 Å². The Morgan fingerprint density at radius 2 is 2.18 bits per heavy atom. The number of aromatic nitrogens is 2. The van der Waals surface area contributed by atoms with Gasteiger partial charge >= 0.3 is 0 Å². The van der Waals surface area contributed by atoms with Crippen LogP contribution in [0.1, 0.15) is 29.2 Å². The largest absolute Gasteiger partial charge is 0.374 e. The van der Waals surface area contributed by atoms with E-state index in [-0.39, 0.29) is 0 Å². The highest BCUT2D eigenvalue weighted by Crippen LogP contribution is 2.44. The van der Waals surface area contributed by atoms with E-state index in [0.717, 1.165) is 4.34 Å². The summed E-state index contributed by atoms with van der Waals surface area (Å²) in [7, 11) is 0. The van der Waals surface area contributed by atoms with Crippen LogP contribution >= 0.6 is 23.1 Å². The van der Waals surface area contributed by atoms with Crippen LogP contribution in [0.3, 0.4) is 0 Å². The number of hydrogen-bond acceptors (Lipinski definition) is 5. The minimum Gasteiger partial charge on any atom is -0.374 e. The summed E-state index contributed by atoms with van der Waals surface area (Å²) < 4.78 is 0.976. The van der Waals surface area contributed by atoms with Crippen molar-refractivity contribution < 1.29 is 0 Å². The molecule has 2 aromatic rings. The second-order valence-electron chi connectivity index (χ2n) is 4.10. The first kappa shape index (κ1) is 11.0. The predicted molar refractivity (Wildman–Crippen MR) is 72.3 cm³/mol. The minimum absolute atomic E-state index is 0.507. The first-order chi connectivity index (χ1) is 8.33. The van der Waals surface area contributed by atoms with Crippen molar-refractivity contribution in [2.24, 2.45) is 0 Å². The number of fused-ring (bicyclic) bond motifs is 1. The van der Waals surface area contributed by atoms with Gasteiger partial charge in [-0.1, -0.05) is 47.4 Å². The van der Waals surface area contributed by atoms with E-state index in [1.54, 1.807) is 11.8 Å². The second kappa shape index (κ2) is 4.66. The van der Waals surface area contributed by atoms with Gasteiger partial charge in [0.05, 0.1) is 0 Å². The molecular weight excluding hydrogens is 250 g/mol. The zero-order valence-electron chi connectivity index (χ0n) is 9.30. The molecule has 0 amide bonds. The molecule has 1 aromatic heterocycles. The van der Waals surface area contributed by atoms with Gasteiger partial charge in [0.2, 0.25) is 5.13 Å². The van der Waals surface area contributed by atoms with Gasteiger partial charge in [0.25, 0.3) is 0 Å². The molecule has 0 fully saturated rings. The lowest BCUT2D eigenvalue weighted by atomic mass is 9.91. The van der Waals surface area contributed by atoms with Crippen molar-refractivity contribution in [1.29, 1.82) is 0 Å². The van der Waals surface area contributed by atoms with E-state index in [1.165, 1.54) is 41.7 Å². The molecule has 0 bridgehead atoms. The third-order valence-corrected chi connectivity index (χ3v) is 5.12. The molecule has 17 heavy (non-hydrogen) atoms. The Kier molecular flexibility index (Phi) is 3.03. The van der Waals surface area contributed by atoms with E-state index in [1.807, 2.05) is 0 Å². The summed E-state index contributed by atoms with van der Waals surface area (Å²) in [5.74, 6) is 0. The molecular formula is C12H13N3S2. The highest BCUT2D eigenvalue weighted by molar-refractivity contribution is 8.01. The molecule has 0 saturated heterocycles. The summed E-state index contributed by atoms with van der Waals surface area (Å²) in [6.45, 7) is 0.